The standard InChI is InChI=1S/C50H51N9O6S3/c1-24-27(4)67-49-40(24)41(53-36(21-39(61)62)44-57-56-28(5)59(44)49)31-13-11-30(12-14-31)33-17-18-35-38(19-33)68-47(54-35)46(64)55-43(50(6,7)8)48(65)58-22-34(60)20-37(58)45(63)52-25(2)29-9-15-32(16-10-29)42-26(3)51-23-66-42/h9-19,23,25,34,36-37,43,60H,20-22H2,1-8H3,(H,52,63)(H,55,64)(H,61,62)/t25-,34+,36-,37-,43+/m0/s1. The fourth-order valence-electron chi connectivity index (χ4n) is 8.92. The molecule has 0 spiro atoms. The highest BCUT2D eigenvalue weighted by Gasteiger charge is 2.45. The first kappa shape index (κ1) is 46.6. The molecule has 6 heterocycles. The number of aromatic nitrogens is 5. The van der Waals surface area contributed by atoms with Crippen molar-refractivity contribution in [2.45, 2.75) is 98.5 Å². The summed E-state index contributed by atoms with van der Waals surface area (Å²) in [4.78, 5) is 71.9. The third-order valence-corrected chi connectivity index (χ3v) is 15.9. The number of aliphatic carboxylic acids is 1. The van der Waals surface area contributed by atoms with Gasteiger partial charge in [-0.1, -0.05) is 75.4 Å². The second-order valence-electron chi connectivity index (χ2n) is 18.6. The van der Waals surface area contributed by atoms with Gasteiger partial charge < -0.3 is 25.7 Å². The van der Waals surface area contributed by atoms with Crippen molar-refractivity contribution >= 4 is 73.6 Å². The topological polar surface area (TPSA) is 205 Å². The minimum absolute atomic E-state index is 0.0431. The van der Waals surface area contributed by atoms with E-state index in [2.05, 4.69) is 44.6 Å². The van der Waals surface area contributed by atoms with E-state index >= 15 is 0 Å². The number of hydrogen-bond donors (Lipinski definition) is 4. The number of carboxylic acids is 1. The van der Waals surface area contributed by atoms with Gasteiger partial charge in [-0.25, -0.2) is 9.97 Å². The summed E-state index contributed by atoms with van der Waals surface area (Å²) in [6.45, 7) is 15.3. The number of carbonyl (C=O) groups excluding carboxylic acids is 3. The summed E-state index contributed by atoms with van der Waals surface area (Å²) in [5, 5.41) is 36.4. The van der Waals surface area contributed by atoms with E-state index in [0.29, 0.717) is 22.9 Å². The van der Waals surface area contributed by atoms with E-state index in [1.54, 1.807) is 22.7 Å². The number of fused-ring (bicyclic) bond motifs is 4. The Labute approximate surface area is 405 Å². The monoisotopic (exact) mass is 969 g/mol. The lowest BCUT2D eigenvalue weighted by atomic mass is 9.85. The highest BCUT2D eigenvalue weighted by molar-refractivity contribution is 7.20. The van der Waals surface area contributed by atoms with Gasteiger partial charge in [-0.2, -0.15) is 0 Å². The Bertz CT molecular complexity index is 3140. The number of likely N-dealkylation sites (tertiary alicyclic amines) is 1. The number of aliphatic hydroxyl groups is 1. The lowest BCUT2D eigenvalue weighted by Gasteiger charge is -2.35. The van der Waals surface area contributed by atoms with Crippen LogP contribution in [0.4, 0.5) is 0 Å². The van der Waals surface area contributed by atoms with Gasteiger partial charge in [0.05, 0.1) is 50.6 Å². The predicted molar refractivity (Wildman–Crippen MR) is 265 cm³/mol. The molecule has 68 heavy (non-hydrogen) atoms. The van der Waals surface area contributed by atoms with Crippen LogP contribution in [0, 0.1) is 33.1 Å². The van der Waals surface area contributed by atoms with E-state index < -0.39 is 47.4 Å². The SMILES string of the molecule is Cc1ncsc1-c1ccc([C@H](C)NC(=O)[C@@H]2C[C@@H](O)CN2C(=O)[C@@H](NC(=O)c2nc3ccc(-c4ccc(C5=N[C@@H](CC(=O)O)c6nnc(C)n6-c6sc(C)c(C)c65)cc4)cc3s2)C(C)(C)C)cc1. The molecule has 7 aromatic rings. The lowest BCUT2D eigenvalue weighted by molar-refractivity contribution is -0.142. The van der Waals surface area contributed by atoms with E-state index in [9.17, 15) is 29.4 Å². The summed E-state index contributed by atoms with van der Waals surface area (Å²) < 4.78 is 2.71. The Morgan fingerprint density at radius 2 is 1.57 bits per heavy atom. The van der Waals surface area contributed by atoms with Gasteiger partial charge in [-0.15, -0.1) is 44.2 Å². The normalized spacial score (nSPS) is 17.8. The van der Waals surface area contributed by atoms with Crippen molar-refractivity contribution in [2.75, 3.05) is 6.54 Å². The number of thiophene rings is 1. The van der Waals surface area contributed by atoms with E-state index in [1.165, 1.54) is 16.2 Å². The summed E-state index contributed by atoms with van der Waals surface area (Å²) >= 11 is 4.39. The maximum atomic E-state index is 14.4. The number of nitrogens with one attached hydrogen (secondary N) is 2. The molecule has 9 rings (SSSR count). The Morgan fingerprint density at radius 1 is 0.882 bits per heavy atom. The minimum atomic E-state index is -1.03. The molecule has 1 fully saturated rings. The number of β-amino-alcohol motifs (C(OH)–C–C–N with tert-alkyl or cyclic N) is 1. The zero-order valence-corrected chi connectivity index (χ0v) is 41.3. The number of hydrogen-bond acceptors (Lipinski definition) is 13. The number of rotatable bonds is 11. The van der Waals surface area contributed by atoms with Crippen LogP contribution in [0.15, 0.2) is 77.2 Å². The summed E-state index contributed by atoms with van der Waals surface area (Å²) in [6, 6.07) is 18.6. The molecule has 5 atom stereocenters. The number of aliphatic hydroxyl groups excluding tert-OH is 1. The number of aryl methyl sites for hydroxylation is 3. The molecule has 1 saturated heterocycles. The Morgan fingerprint density at radius 3 is 2.25 bits per heavy atom. The molecule has 0 saturated carbocycles. The number of thiazole rings is 2. The average molecular weight is 970 g/mol. The van der Waals surface area contributed by atoms with Crippen molar-refractivity contribution in [3.8, 4) is 26.6 Å². The largest absolute Gasteiger partial charge is 0.481 e. The third kappa shape index (κ3) is 8.88. The molecule has 4 aromatic heterocycles. The van der Waals surface area contributed by atoms with Gasteiger partial charge in [0, 0.05) is 29.0 Å². The number of carbonyl (C=O) groups is 4. The maximum absolute atomic E-state index is 14.4. The first-order valence-corrected chi connectivity index (χ1v) is 24.8. The van der Waals surface area contributed by atoms with Crippen molar-refractivity contribution in [1.29, 1.82) is 0 Å². The smallest absolute Gasteiger partial charge is 0.306 e. The van der Waals surface area contributed by atoms with E-state index in [0.717, 1.165) is 64.1 Å². The summed E-state index contributed by atoms with van der Waals surface area (Å²) in [6.07, 6.45) is -1.07. The van der Waals surface area contributed by atoms with Crippen LogP contribution in [0.5, 0.6) is 0 Å². The van der Waals surface area contributed by atoms with Crippen LogP contribution in [0.3, 0.4) is 0 Å². The number of nitrogens with zero attached hydrogens (tertiary/aromatic N) is 7. The molecule has 3 amide bonds. The van der Waals surface area contributed by atoms with Gasteiger partial charge in [0.25, 0.3) is 5.91 Å². The minimum Gasteiger partial charge on any atom is -0.481 e. The molecule has 350 valence electrons. The van der Waals surface area contributed by atoms with E-state index in [-0.39, 0.29) is 36.3 Å². The second-order valence-corrected chi connectivity index (χ2v) is 21.7. The van der Waals surface area contributed by atoms with Gasteiger partial charge in [0.15, 0.2) is 10.8 Å². The molecule has 2 aliphatic rings. The molecule has 15 nitrogen and oxygen atoms in total. The summed E-state index contributed by atoms with van der Waals surface area (Å²) in [7, 11) is 0. The number of benzene rings is 3. The molecule has 4 N–H and O–H groups in total. The Kier molecular flexibility index (Phi) is 12.5. The number of amides is 3. The second kappa shape index (κ2) is 18.2. The van der Waals surface area contributed by atoms with Crippen LogP contribution in [-0.2, 0) is 14.4 Å². The van der Waals surface area contributed by atoms with Crippen LogP contribution < -0.4 is 10.6 Å². The van der Waals surface area contributed by atoms with Crippen molar-refractivity contribution < 1.29 is 29.4 Å². The van der Waals surface area contributed by atoms with Crippen molar-refractivity contribution in [2.24, 2.45) is 10.4 Å². The molecule has 2 aliphatic heterocycles. The molecule has 3 aromatic carbocycles. The molecule has 0 aliphatic carbocycles. The zero-order chi connectivity index (χ0) is 48.3. The fourth-order valence-corrected chi connectivity index (χ4v) is 11.9. The van der Waals surface area contributed by atoms with Gasteiger partial charge in [-0.3, -0.25) is 28.7 Å². The highest BCUT2D eigenvalue weighted by Crippen LogP contribution is 2.40. The van der Waals surface area contributed by atoms with Crippen LogP contribution in [0.1, 0.15) is 107 Å². The third-order valence-electron chi connectivity index (χ3n) is 12.7. The molecule has 0 radical (unpaired) electrons. The van der Waals surface area contributed by atoms with Gasteiger partial charge in [0.2, 0.25) is 11.8 Å². The molecular formula is C50H51N9O6S3. The van der Waals surface area contributed by atoms with Crippen LogP contribution in [-0.4, -0.2) is 94.0 Å². The predicted octanol–water partition coefficient (Wildman–Crippen LogP) is 8.31. The van der Waals surface area contributed by atoms with Crippen molar-refractivity contribution in [3.05, 3.63) is 122 Å². The summed E-state index contributed by atoms with van der Waals surface area (Å²) in [5.41, 5.74) is 9.89. The van der Waals surface area contributed by atoms with E-state index in [4.69, 9.17) is 4.99 Å². The summed E-state index contributed by atoms with van der Waals surface area (Å²) in [5.74, 6) is -1.19. The zero-order valence-electron chi connectivity index (χ0n) is 38.8. The number of carboxylic acid groups (broad SMARTS) is 1. The van der Waals surface area contributed by atoms with E-state index in [1.807, 2.05) is 118 Å². The first-order chi connectivity index (χ1) is 32.4. The quantitative estimate of drug-likeness (QED) is 0.0976. The fraction of sp³-hybridized carbons (Fsp3) is 0.340. The van der Waals surface area contributed by atoms with Crippen LogP contribution >= 0.6 is 34.0 Å². The van der Waals surface area contributed by atoms with Gasteiger partial charge in [0.1, 0.15) is 29.0 Å². The number of aliphatic imine (C=N–C) groups is 1. The molecule has 0 bridgehead atoms. The maximum Gasteiger partial charge on any atom is 0.306 e. The van der Waals surface area contributed by atoms with Gasteiger partial charge in [-0.05, 0) is 80.0 Å². The molecular weight excluding hydrogens is 919 g/mol. The average Bonchev–Trinajstić information content (AvgIpc) is 4.14. The van der Waals surface area contributed by atoms with Crippen molar-refractivity contribution in [1.82, 2.24) is 40.3 Å². The molecule has 0 unspecified atom stereocenters. The van der Waals surface area contributed by atoms with Gasteiger partial charge >= 0.3 is 5.97 Å². The van der Waals surface area contributed by atoms with Crippen LogP contribution in [0.25, 0.3) is 36.8 Å². The lowest BCUT2D eigenvalue weighted by Crippen LogP contribution is -2.57. The molecule has 18 heteroatoms. The Balaban J connectivity index is 0.912. The van der Waals surface area contributed by atoms with Crippen molar-refractivity contribution in [3.63, 3.8) is 0 Å². The Hall–Kier alpha value is -6.47. The highest BCUT2D eigenvalue weighted by atomic mass is 32.1. The first-order valence-electron chi connectivity index (χ1n) is 22.3. The van der Waals surface area contributed by atoms with Crippen LogP contribution in [0.2, 0.25) is 0 Å².